The summed E-state index contributed by atoms with van der Waals surface area (Å²) in [5, 5.41) is 8.33. The second kappa shape index (κ2) is 5.96. The molecular formula is C15H25N5O2. The summed E-state index contributed by atoms with van der Waals surface area (Å²) in [6, 6.07) is -0.136. The molecule has 0 aromatic carbocycles. The van der Waals surface area contributed by atoms with Crippen LogP contribution in [0.5, 0.6) is 0 Å². The highest BCUT2D eigenvalue weighted by atomic mass is 16.5. The molecular weight excluding hydrogens is 282 g/mol. The summed E-state index contributed by atoms with van der Waals surface area (Å²) in [6.45, 7) is 11.7. The van der Waals surface area contributed by atoms with Crippen LogP contribution in [0.1, 0.15) is 32.4 Å². The van der Waals surface area contributed by atoms with E-state index in [1.165, 1.54) is 0 Å². The molecule has 3 heterocycles. The first kappa shape index (κ1) is 15.4. The van der Waals surface area contributed by atoms with Gasteiger partial charge in [0.05, 0.1) is 24.8 Å². The number of aryl methyl sites for hydroxylation is 1. The summed E-state index contributed by atoms with van der Waals surface area (Å²) in [4.78, 5) is 16.9. The monoisotopic (exact) mass is 307 g/mol. The fraction of sp³-hybridized carbons (Fsp3) is 0.800. The lowest BCUT2D eigenvalue weighted by molar-refractivity contribution is -0.148. The molecule has 1 saturated heterocycles. The Hall–Kier alpha value is -1.47. The molecule has 22 heavy (non-hydrogen) atoms. The number of carbonyl (C=O) groups excluding carboxylic acids is 1. The molecule has 2 aliphatic rings. The normalized spacial score (nSPS) is 27.5. The molecule has 7 heteroatoms. The summed E-state index contributed by atoms with van der Waals surface area (Å²) < 4.78 is 7.84. The van der Waals surface area contributed by atoms with Crippen molar-refractivity contribution in [1.29, 1.82) is 0 Å². The fourth-order valence-corrected chi connectivity index (χ4v) is 3.43. The number of morpholine rings is 1. The number of hydrogen-bond donors (Lipinski definition) is 0. The molecule has 122 valence electrons. The lowest BCUT2D eigenvalue weighted by Crippen LogP contribution is -2.55. The van der Waals surface area contributed by atoms with Crippen molar-refractivity contribution >= 4 is 5.91 Å². The van der Waals surface area contributed by atoms with Gasteiger partial charge < -0.3 is 14.2 Å². The van der Waals surface area contributed by atoms with E-state index in [0.29, 0.717) is 19.6 Å². The number of carbonyl (C=O) groups is 1. The van der Waals surface area contributed by atoms with Crippen LogP contribution in [0.25, 0.3) is 0 Å². The molecule has 0 N–H and O–H groups in total. The summed E-state index contributed by atoms with van der Waals surface area (Å²) in [5.41, 5.74) is 0. The lowest BCUT2D eigenvalue weighted by atomic mass is 10.1. The predicted octanol–water partition coefficient (Wildman–Crippen LogP) is 0.426. The number of fused-ring (bicyclic) bond motifs is 1. The topological polar surface area (TPSA) is 63.5 Å². The van der Waals surface area contributed by atoms with Gasteiger partial charge in [-0.05, 0) is 27.7 Å². The Kier molecular flexibility index (Phi) is 4.18. The van der Waals surface area contributed by atoms with Gasteiger partial charge in [0.1, 0.15) is 11.6 Å². The second-order valence-electron chi connectivity index (χ2n) is 6.46. The minimum atomic E-state index is -0.136. The van der Waals surface area contributed by atoms with E-state index in [2.05, 4.69) is 19.7 Å². The van der Waals surface area contributed by atoms with E-state index in [1.807, 2.05) is 32.6 Å². The van der Waals surface area contributed by atoms with Crippen LogP contribution in [0.3, 0.4) is 0 Å². The van der Waals surface area contributed by atoms with Crippen LogP contribution in [0.2, 0.25) is 0 Å². The molecule has 0 radical (unpaired) electrons. The summed E-state index contributed by atoms with van der Waals surface area (Å²) in [6.07, 6.45) is 0.207. The Morgan fingerprint density at radius 1 is 1.23 bits per heavy atom. The minimum absolute atomic E-state index is 0.104. The Bertz CT molecular complexity index is 548. The van der Waals surface area contributed by atoms with Gasteiger partial charge in [-0.1, -0.05) is 0 Å². The van der Waals surface area contributed by atoms with E-state index in [0.717, 1.165) is 24.7 Å². The third kappa shape index (κ3) is 2.87. The highest BCUT2D eigenvalue weighted by Gasteiger charge is 2.33. The van der Waals surface area contributed by atoms with E-state index in [9.17, 15) is 4.79 Å². The molecule has 3 rings (SSSR count). The van der Waals surface area contributed by atoms with Crippen molar-refractivity contribution in [3.05, 3.63) is 11.6 Å². The molecule has 1 aromatic heterocycles. The van der Waals surface area contributed by atoms with Crippen molar-refractivity contribution < 1.29 is 9.53 Å². The number of amides is 1. The van der Waals surface area contributed by atoms with Gasteiger partial charge in [-0.25, -0.2) is 0 Å². The number of ether oxygens (including phenoxy) is 1. The highest BCUT2D eigenvalue weighted by Crippen LogP contribution is 2.18. The van der Waals surface area contributed by atoms with Crippen molar-refractivity contribution in [2.45, 2.75) is 59.0 Å². The van der Waals surface area contributed by atoms with Crippen LogP contribution < -0.4 is 0 Å². The quantitative estimate of drug-likeness (QED) is 0.793. The average molecular weight is 307 g/mol. The minimum Gasteiger partial charge on any atom is -0.372 e. The zero-order valence-corrected chi connectivity index (χ0v) is 13.8. The maximum Gasteiger partial charge on any atom is 0.239 e. The van der Waals surface area contributed by atoms with Crippen molar-refractivity contribution in [2.75, 3.05) is 19.6 Å². The number of nitrogens with zero attached hydrogens (tertiary/aromatic N) is 5. The SMILES string of the molecule is Cc1nnc2n1CCN(C(C)C(=O)N1CC(C)OC(C)C1)C2. The molecule has 0 bridgehead atoms. The van der Waals surface area contributed by atoms with Crippen LogP contribution in [0.4, 0.5) is 0 Å². The Morgan fingerprint density at radius 3 is 2.59 bits per heavy atom. The summed E-state index contributed by atoms with van der Waals surface area (Å²) in [5.74, 6) is 2.09. The van der Waals surface area contributed by atoms with Gasteiger partial charge in [0, 0.05) is 26.2 Å². The molecule has 3 atom stereocenters. The first-order valence-electron chi connectivity index (χ1n) is 8.02. The molecule has 0 aliphatic carbocycles. The number of hydrogen-bond acceptors (Lipinski definition) is 5. The van der Waals surface area contributed by atoms with E-state index >= 15 is 0 Å². The van der Waals surface area contributed by atoms with Crippen LogP contribution in [-0.2, 0) is 22.6 Å². The molecule has 2 aliphatic heterocycles. The number of aromatic nitrogens is 3. The van der Waals surface area contributed by atoms with Crippen molar-refractivity contribution in [2.24, 2.45) is 0 Å². The van der Waals surface area contributed by atoms with Gasteiger partial charge in [-0.15, -0.1) is 10.2 Å². The Morgan fingerprint density at radius 2 is 1.91 bits per heavy atom. The molecule has 0 spiro atoms. The average Bonchev–Trinajstić information content (AvgIpc) is 2.85. The third-order valence-electron chi connectivity index (χ3n) is 4.60. The van der Waals surface area contributed by atoms with Gasteiger partial charge in [-0.3, -0.25) is 9.69 Å². The first-order chi connectivity index (χ1) is 10.5. The van der Waals surface area contributed by atoms with Crippen LogP contribution in [0, 0.1) is 6.92 Å². The fourth-order valence-electron chi connectivity index (χ4n) is 3.43. The van der Waals surface area contributed by atoms with Crippen molar-refractivity contribution in [3.63, 3.8) is 0 Å². The molecule has 3 unspecified atom stereocenters. The Labute approximate surface area is 131 Å². The summed E-state index contributed by atoms with van der Waals surface area (Å²) >= 11 is 0. The zero-order chi connectivity index (χ0) is 15.9. The summed E-state index contributed by atoms with van der Waals surface area (Å²) in [7, 11) is 0. The van der Waals surface area contributed by atoms with E-state index in [1.54, 1.807) is 0 Å². The van der Waals surface area contributed by atoms with Crippen LogP contribution >= 0.6 is 0 Å². The van der Waals surface area contributed by atoms with Gasteiger partial charge in [0.25, 0.3) is 0 Å². The van der Waals surface area contributed by atoms with E-state index in [4.69, 9.17) is 4.74 Å². The maximum absolute atomic E-state index is 12.8. The van der Waals surface area contributed by atoms with Gasteiger partial charge >= 0.3 is 0 Å². The number of rotatable bonds is 2. The lowest BCUT2D eigenvalue weighted by Gasteiger charge is -2.39. The molecule has 1 amide bonds. The smallest absolute Gasteiger partial charge is 0.239 e. The van der Waals surface area contributed by atoms with Gasteiger partial charge in [-0.2, -0.15) is 0 Å². The molecule has 1 aromatic rings. The van der Waals surface area contributed by atoms with Crippen molar-refractivity contribution in [3.8, 4) is 0 Å². The standard InChI is InChI=1S/C15H25N5O2/c1-10-7-19(8-11(2)22-10)15(21)12(3)18-5-6-20-13(4)16-17-14(20)9-18/h10-12H,5-9H2,1-4H3. The molecule has 1 fully saturated rings. The predicted molar refractivity (Wildman–Crippen MR) is 81.2 cm³/mol. The van der Waals surface area contributed by atoms with Gasteiger partial charge in [0.2, 0.25) is 5.91 Å². The van der Waals surface area contributed by atoms with E-state index < -0.39 is 0 Å². The largest absolute Gasteiger partial charge is 0.372 e. The second-order valence-corrected chi connectivity index (χ2v) is 6.46. The third-order valence-corrected chi connectivity index (χ3v) is 4.60. The van der Waals surface area contributed by atoms with E-state index in [-0.39, 0.29) is 24.2 Å². The van der Waals surface area contributed by atoms with Gasteiger partial charge in [0.15, 0.2) is 0 Å². The zero-order valence-electron chi connectivity index (χ0n) is 13.8. The molecule has 0 saturated carbocycles. The highest BCUT2D eigenvalue weighted by molar-refractivity contribution is 5.81. The van der Waals surface area contributed by atoms with Crippen LogP contribution in [0.15, 0.2) is 0 Å². The maximum atomic E-state index is 12.8. The van der Waals surface area contributed by atoms with Crippen LogP contribution in [-0.4, -0.2) is 68.4 Å². The Balaban J connectivity index is 1.66. The van der Waals surface area contributed by atoms with Crippen molar-refractivity contribution in [1.82, 2.24) is 24.6 Å². The first-order valence-corrected chi connectivity index (χ1v) is 8.02. The molecule has 7 nitrogen and oxygen atoms in total.